The predicted octanol–water partition coefficient (Wildman–Crippen LogP) is 2.87. The van der Waals surface area contributed by atoms with Crippen LogP contribution in [0.2, 0.25) is 0 Å². The Labute approximate surface area is 116 Å². The van der Waals surface area contributed by atoms with Crippen LogP contribution in [0.5, 0.6) is 0 Å². The van der Waals surface area contributed by atoms with Gasteiger partial charge in [-0.2, -0.15) is 23.5 Å². The van der Waals surface area contributed by atoms with Crippen molar-refractivity contribution >= 4 is 34.9 Å². The summed E-state index contributed by atoms with van der Waals surface area (Å²) in [5, 5.41) is 5.75. The van der Waals surface area contributed by atoms with Gasteiger partial charge in [-0.05, 0) is 11.4 Å². The molecule has 0 saturated carbocycles. The molecule has 2 heterocycles. The number of thiophene rings is 1. The number of rotatable bonds is 5. The highest BCUT2D eigenvalue weighted by atomic mass is 32.2. The second-order valence-corrected chi connectivity index (χ2v) is 7.27. The molecule has 96 valence electrons. The van der Waals surface area contributed by atoms with Gasteiger partial charge in [0.15, 0.2) is 0 Å². The summed E-state index contributed by atoms with van der Waals surface area (Å²) in [6.45, 7) is 0.919. The molecule has 0 radical (unpaired) electrons. The molecule has 1 atom stereocenters. The SMILES string of the molecule is COC(CNC1CSCCSC1)c1cccs1. The van der Waals surface area contributed by atoms with E-state index in [1.807, 2.05) is 0 Å². The fourth-order valence-corrected chi connectivity index (χ4v) is 5.05. The lowest BCUT2D eigenvalue weighted by Crippen LogP contribution is -2.36. The van der Waals surface area contributed by atoms with Gasteiger partial charge in [-0.3, -0.25) is 0 Å². The highest BCUT2D eigenvalue weighted by molar-refractivity contribution is 8.03. The van der Waals surface area contributed by atoms with Crippen LogP contribution >= 0.6 is 34.9 Å². The molecule has 0 bridgehead atoms. The van der Waals surface area contributed by atoms with Gasteiger partial charge in [0.25, 0.3) is 0 Å². The van der Waals surface area contributed by atoms with Crippen molar-refractivity contribution < 1.29 is 4.74 Å². The van der Waals surface area contributed by atoms with Crippen LogP contribution in [0.3, 0.4) is 0 Å². The number of ether oxygens (including phenoxy) is 1. The molecule has 1 aromatic rings. The Hall–Kier alpha value is 0.320. The Morgan fingerprint density at radius 3 is 2.76 bits per heavy atom. The molecule has 0 aromatic carbocycles. The first kappa shape index (κ1) is 13.7. The van der Waals surface area contributed by atoms with E-state index >= 15 is 0 Å². The molecule has 17 heavy (non-hydrogen) atoms. The number of methoxy groups -OCH3 is 1. The largest absolute Gasteiger partial charge is 0.375 e. The molecule has 1 saturated heterocycles. The van der Waals surface area contributed by atoms with Crippen molar-refractivity contribution in [2.45, 2.75) is 12.1 Å². The fourth-order valence-electron chi connectivity index (χ4n) is 1.78. The molecule has 1 aliphatic heterocycles. The van der Waals surface area contributed by atoms with E-state index in [0.29, 0.717) is 6.04 Å². The lowest BCUT2D eigenvalue weighted by molar-refractivity contribution is 0.104. The monoisotopic (exact) mass is 289 g/mol. The molecule has 1 aromatic heterocycles. The van der Waals surface area contributed by atoms with Crippen LogP contribution in [-0.4, -0.2) is 42.7 Å². The average Bonchev–Trinajstić information content (AvgIpc) is 2.74. The Morgan fingerprint density at radius 1 is 1.41 bits per heavy atom. The van der Waals surface area contributed by atoms with Gasteiger partial charge in [0.1, 0.15) is 6.10 Å². The number of hydrogen-bond donors (Lipinski definition) is 1. The van der Waals surface area contributed by atoms with Crippen LogP contribution in [0, 0.1) is 0 Å². The van der Waals surface area contributed by atoms with Gasteiger partial charge >= 0.3 is 0 Å². The maximum atomic E-state index is 5.55. The smallest absolute Gasteiger partial charge is 0.104 e. The first-order valence-corrected chi connectivity index (χ1v) is 9.04. The van der Waals surface area contributed by atoms with Gasteiger partial charge in [-0.25, -0.2) is 0 Å². The van der Waals surface area contributed by atoms with Crippen molar-refractivity contribution in [2.24, 2.45) is 0 Å². The first-order chi connectivity index (χ1) is 8.40. The normalized spacial score (nSPS) is 20.1. The maximum absolute atomic E-state index is 5.55. The summed E-state index contributed by atoms with van der Waals surface area (Å²) < 4.78 is 5.55. The van der Waals surface area contributed by atoms with E-state index < -0.39 is 0 Å². The zero-order valence-corrected chi connectivity index (χ0v) is 12.5. The summed E-state index contributed by atoms with van der Waals surface area (Å²) in [6, 6.07) is 4.87. The second-order valence-electron chi connectivity index (χ2n) is 3.99. The van der Waals surface area contributed by atoms with Crippen molar-refractivity contribution in [2.75, 3.05) is 36.7 Å². The molecule has 5 heteroatoms. The van der Waals surface area contributed by atoms with E-state index in [4.69, 9.17) is 4.74 Å². The minimum atomic E-state index is 0.202. The third kappa shape index (κ3) is 4.48. The minimum Gasteiger partial charge on any atom is -0.375 e. The molecular weight excluding hydrogens is 270 g/mol. The first-order valence-electron chi connectivity index (χ1n) is 5.85. The van der Waals surface area contributed by atoms with Crippen LogP contribution in [-0.2, 0) is 4.74 Å². The Morgan fingerprint density at radius 2 is 2.18 bits per heavy atom. The Kier molecular flexibility index (Phi) is 6.22. The Bertz CT molecular complexity index is 297. The van der Waals surface area contributed by atoms with Gasteiger partial charge in [0.05, 0.1) is 0 Å². The van der Waals surface area contributed by atoms with Crippen molar-refractivity contribution in [3.63, 3.8) is 0 Å². The van der Waals surface area contributed by atoms with Crippen LogP contribution in [0.1, 0.15) is 11.0 Å². The van der Waals surface area contributed by atoms with Crippen molar-refractivity contribution in [1.82, 2.24) is 5.32 Å². The third-order valence-corrected chi connectivity index (χ3v) is 6.23. The molecule has 0 amide bonds. The lowest BCUT2D eigenvalue weighted by Gasteiger charge is -2.20. The molecule has 0 spiro atoms. The standard InChI is InChI=1S/C12H19NOS3/c1-14-11(12-3-2-4-17-12)7-13-10-8-15-5-6-16-9-10/h2-4,10-11,13H,5-9H2,1H3. The topological polar surface area (TPSA) is 21.3 Å². The summed E-state index contributed by atoms with van der Waals surface area (Å²) in [4.78, 5) is 1.31. The van der Waals surface area contributed by atoms with E-state index in [0.717, 1.165) is 6.54 Å². The van der Waals surface area contributed by atoms with Crippen LogP contribution in [0.15, 0.2) is 17.5 Å². The molecule has 0 aliphatic carbocycles. The Balaban J connectivity index is 1.79. The highest BCUT2D eigenvalue weighted by Crippen LogP contribution is 2.22. The quantitative estimate of drug-likeness (QED) is 0.899. The number of nitrogens with one attached hydrogen (secondary N) is 1. The van der Waals surface area contributed by atoms with Crippen LogP contribution < -0.4 is 5.32 Å². The molecule has 1 aliphatic rings. The zero-order valence-electron chi connectivity index (χ0n) is 10.1. The summed E-state index contributed by atoms with van der Waals surface area (Å²) in [5.74, 6) is 5.05. The van der Waals surface area contributed by atoms with Crippen LogP contribution in [0.4, 0.5) is 0 Å². The predicted molar refractivity (Wildman–Crippen MR) is 80.5 cm³/mol. The second kappa shape index (κ2) is 7.69. The minimum absolute atomic E-state index is 0.202. The molecule has 2 nitrogen and oxygen atoms in total. The van der Waals surface area contributed by atoms with Crippen molar-refractivity contribution in [3.8, 4) is 0 Å². The maximum Gasteiger partial charge on any atom is 0.104 e. The lowest BCUT2D eigenvalue weighted by atomic mass is 10.2. The van der Waals surface area contributed by atoms with E-state index in [9.17, 15) is 0 Å². The van der Waals surface area contributed by atoms with E-state index in [1.54, 1.807) is 18.4 Å². The van der Waals surface area contributed by atoms with Gasteiger partial charge in [-0.1, -0.05) is 6.07 Å². The molecule has 1 N–H and O–H groups in total. The number of hydrogen-bond acceptors (Lipinski definition) is 5. The molecular formula is C12H19NOS3. The van der Waals surface area contributed by atoms with Crippen molar-refractivity contribution in [3.05, 3.63) is 22.4 Å². The van der Waals surface area contributed by atoms with E-state index in [1.165, 1.54) is 27.9 Å². The van der Waals surface area contributed by atoms with Gasteiger partial charge in [0, 0.05) is 47.6 Å². The summed E-state index contributed by atoms with van der Waals surface area (Å²) in [5.41, 5.74) is 0. The number of thioether (sulfide) groups is 2. The third-order valence-electron chi connectivity index (χ3n) is 2.75. The van der Waals surface area contributed by atoms with Crippen LogP contribution in [0.25, 0.3) is 0 Å². The highest BCUT2D eigenvalue weighted by Gasteiger charge is 2.16. The zero-order chi connectivity index (χ0) is 11.9. The van der Waals surface area contributed by atoms with Gasteiger partial charge < -0.3 is 10.1 Å². The fraction of sp³-hybridized carbons (Fsp3) is 0.667. The molecule has 1 fully saturated rings. The average molecular weight is 289 g/mol. The van der Waals surface area contributed by atoms with Gasteiger partial charge in [0.2, 0.25) is 0 Å². The summed E-state index contributed by atoms with van der Waals surface area (Å²) in [7, 11) is 1.79. The van der Waals surface area contributed by atoms with Gasteiger partial charge in [-0.15, -0.1) is 11.3 Å². The van der Waals surface area contributed by atoms with E-state index in [2.05, 4.69) is 46.4 Å². The molecule has 2 rings (SSSR count). The van der Waals surface area contributed by atoms with E-state index in [-0.39, 0.29) is 6.10 Å². The summed E-state index contributed by atoms with van der Waals surface area (Å²) >= 11 is 5.89. The van der Waals surface area contributed by atoms with Crippen molar-refractivity contribution in [1.29, 1.82) is 0 Å². The molecule has 1 unspecified atom stereocenters. The summed E-state index contributed by atoms with van der Waals surface area (Å²) in [6.07, 6.45) is 0.202.